The van der Waals surface area contributed by atoms with Crippen LogP contribution in [0.2, 0.25) is 0 Å². The molecule has 0 aliphatic carbocycles. The number of likely N-dealkylation sites (tertiary alicyclic amines) is 1. The third-order valence-electron chi connectivity index (χ3n) is 5.50. The van der Waals surface area contributed by atoms with E-state index in [4.69, 9.17) is 15.6 Å². The number of halogens is 3. The van der Waals surface area contributed by atoms with Gasteiger partial charge in [-0.3, -0.25) is 4.79 Å². The van der Waals surface area contributed by atoms with E-state index < -0.39 is 12.1 Å². The summed E-state index contributed by atoms with van der Waals surface area (Å²) in [4.78, 5) is 27.0. The van der Waals surface area contributed by atoms with Gasteiger partial charge in [-0.25, -0.2) is 4.79 Å². The number of fused-ring (bicyclic) bond motifs is 1. The van der Waals surface area contributed by atoms with Crippen molar-refractivity contribution in [2.75, 3.05) is 13.1 Å². The van der Waals surface area contributed by atoms with Crippen molar-refractivity contribution in [3.63, 3.8) is 0 Å². The van der Waals surface area contributed by atoms with E-state index in [9.17, 15) is 18.0 Å². The zero-order valence-electron chi connectivity index (χ0n) is 17.2. The molecule has 1 aliphatic heterocycles. The first-order valence-corrected chi connectivity index (χ1v) is 10.1. The molecule has 0 radical (unpaired) electrons. The van der Waals surface area contributed by atoms with E-state index in [1.54, 1.807) is 0 Å². The highest BCUT2D eigenvalue weighted by molar-refractivity contribution is 6.06. The quantitative estimate of drug-likeness (QED) is 0.558. The minimum Gasteiger partial charge on any atom is -0.475 e. The highest BCUT2D eigenvalue weighted by atomic mass is 19.4. The number of para-hydroxylation sites is 1. The van der Waals surface area contributed by atoms with Crippen molar-refractivity contribution in [2.45, 2.75) is 31.5 Å². The number of piperidine rings is 1. The lowest BCUT2D eigenvalue weighted by Crippen LogP contribution is -2.37. The summed E-state index contributed by atoms with van der Waals surface area (Å²) in [6.45, 7) is 2.18. The van der Waals surface area contributed by atoms with Crippen LogP contribution in [0.5, 0.6) is 0 Å². The Bertz CT molecular complexity index is 1090. The maximum atomic E-state index is 12.9. The molecule has 170 valence electrons. The van der Waals surface area contributed by atoms with E-state index in [1.165, 1.54) is 11.1 Å². The molecule has 4 N–H and O–H groups in total. The summed E-state index contributed by atoms with van der Waals surface area (Å²) < 4.78 is 31.7. The third kappa shape index (κ3) is 5.47. The van der Waals surface area contributed by atoms with Gasteiger partial charge in [-0.1, -0.05) is 42.5 Å². The number of carbonyl (C=O) groups excluding carboxylic acids is 1. The largest absolute Gasteiger partial charge is 0.490 e. The van der Waals surface area contributed by atoms with E-state index in [-0.39, 0.29) is 5.91 Å². The molecule has 9 heteroatoms. The van der Waals surface area contributed by atoms with Gasteiger partial charge in [0.1, 0.15) is 0 Å². The smallest absolute Gasteiger partial charge is 0.475 e. The average molecular weight is 447 g/mol. The Labute approximate surface area is 182 Å². The maximum absolute atomic E-state index is 12.9. The highest BCUT2D eigenvalue weighted by Gasteiger charge is 2.38. The number of nitrogens with two attached hydrogens (primary N) is 1. The fourth-order valence-electron chi connectivity index (χ4n) is 3.81. The number of H-pyrrole nitrogens is 1. The molecule has 0 saturated carbocycles. The molecule has 0 atom stereocenters. The van der Waals surface area contributed by atoms with Crippen molar-refractivity contribution < 1.29 is 27.9 Å². The Kier molecular flexibility index (Phi) is 7.19. The molecule has 2 aromatic carbocycles. The first-order chi connectivity index (χ1) is 15.2. The monoisotopic (exact) mass is 447 g/mol. The highest BCUT2D eigenvalue weighted by Crippen LogP contribution is 2.30. The van der Waals surface area contributed by atoms with E-state index in [2.05, 4.69) is 29.2 Å². The van der Waals surface area contributed by atoms with E-state index in [1.807, 2.05) is 35.4 Å². The lowest BCUT2D eigenvalue weighted by atomic mass is 9.88. The van der Waals surface area contributed by atoms with Crippen molar-refractivity contribution in [1.29, 1.82) is 0 Å². The van der Waals surface area contributed by atoms with Gasteiger partial charge in [0.2, 0.25) is 0 Å². The number of nitrogens with one attached hydrogen (secondary N) is 1. The van der Waals surface area contributed by atoms with E-state index in [0.717, 1.165) is 42.4 Å². The molecular formula is C23H24F3N3O3. The summed E-state index contributed by atoms with van der Waals surface area (Å²) in [6.07, 6.45) is -1.24. The van der Waals surface area contributed by atoms with Gasteiger partial charge in [-0.15, -0.1) is 0 Å². The fourth-order valence-corrected chi connectivity index (χ4v) is 3.81. The number of nitrogens with zero attached hydrogens (tertiary/aromatic N) is 1. The summed E-state index contributed by atoms with van der Waals surface area (Å²) in [5.74, 6) is -2.11. The average Bonchev–Trinajstić information content (AvgIpc) is 3.23. The molecule has 1 amide bonds. The van der Waals surface area contributed by atoms with Crippen LogP contribution in [-0.4, -0.2) is 46.1 Å². The molecule has 32 heavy (non-hydrogen) atoms. The molecule has 0 bridgehead atoms. The van der Waals surface area contributed by atoms with Crippen LogP contribution in [0.15, 0.2) is 54.7 Å². The molecule has 1 fully saturated rings. The molecule has 0 spiro atoms. The van der Waals surface area contributed by atoms with Crippen LogP contribution in [-0.2, 0) is 11.3 Å². The standard InChI is InChI=1S/C21H23N3O.C2HF3O2/c22-13-15-4-3-5-17(12-15)16-8-10-24(11-9-16)21(25)19-14-23-20-7-2-1-6-18(19)20;3-2(4,5)1(6)7/h1-7,12,14,16,23H,8-11,13,22H2;(H,6,7). The van der Waals surface area contributed by atoms with Crippen LogP contribution >= 0.6 is 0 Å². The number of aromatic nitrogens is 1. The summed E-state index contributed by atoms with van der Waals surface area (Å²) in [6, 6.07) is 16.5. The van der Waals surface area contributed by atoms with Crippen LogP contribution < -0.4 is 5.73 Å². The van der Waals surface area contributed by atoms with E-state index >= 15 is 0 Å². The van der Waals surface area contributed by atoms with Crippen LogP contribution in [0.3, 0.4) is 0 Å². The van der Waals surface area contributed by atoms with Crippen molar-refractivity contribution in [3.05, 3.63) is 71.4 Å². The Morgan fingerprint density at radius 1 is 1.09 bits per heavy atom. The van der Waals surface area contributed by atoms with Crippen molar-refractivity contribution >= 4 is 22.8 Å². The second-order valence-electron chi connectivity index (χ2n) is 7.57. The number of aliphatic carboxylic acids is 1. The molecule has 4 rings (SSSR count). The van der Waals surface area contributed by atoms with Gasteiger partial charge in [0.15, 0.2) is 0 Å². The number of alkyl halides is 3. The lowest BCUT2D eigenvalue weighted by Gasteiger charge is -2.32. The minimum absolute atomic E-state index is 0.131. The first kappa shape index (κ1) is 23.3. The number of amides is 1. The first-order valence-electron chi connectivity index (χ1n) is 10.1. The van der Waals surface area contributed by atoms with Gasteiger partial charge in [-0.2, -0.15) is 13.2 Å². The van der Waals surface area contributed by atoms with Crippen LogP contribution in [0.1, 0.15) is 40.2 Å². The molecular weight excluding hydrogens is 423 g/mol. The summed E-state index contributed by atoms with van der Waals surface area (Å²) in [7, 11) is 0. The number of carboxylic acids is 1. The van der Waals surface area contributed by atoms with E-state index in [0.29, 0.717) is 12.5 Å². The number of benzene rings is 2. The molecule has 1 aromatic heterocycles. The number of carbonyl (C=O) groups is 2. The molecule has 3 aromatic rings. The normalized spacial score (nSPS) is 14.7. The molecule has 1 saturated heterocycles. The van der Waals surface area contributed by atoms with Gasteiger partial charge in [0, 0.05) is 36.7 Å². The van der Waals surface area contributed by atoms with Gasteiger partial charge >= 0.3 is 12.1 Å². The lowest BCUT2D eigenvalue weighted by molar-refractivity contribution is -0.192. The zero-order chi connectivity index (χ0) is 23.3. The molecule has 6 nitrogen and oxygen atoms in total. The second kappa shape index (κ2) is 9.86. The Morgan fingerprint density at radius 2 is 1.75 bits per heavy atom. The number of rotatable bonds is 3. The van der Waals surface area contributed by atoms with Gasteiger partial charge in [-0.05, 0) is 36.0 Å². The summed E-state index contributed by atoms with van der Waals surface area (Å²) in [5.41, 5.74) is 10.1. The Balaban J connectivity index is 0.000000360. The van der Waals surface area contributed by atoms with Crippen LogP contribution in [0, 0.1) is 0 Å². The fraction of sp³-hybridized carbons (Fsp3) is 0.304. The predicted molar refractivity (Wildman–Crippen MR) is 114 cm³/mol. The number of hydrogen-bond acceptors (Lipinski definition) is 3. The van der Waals surface area contributed by atoms with Gasteiger partial charge in [0.25, 0.3) is 5.91 Å². The number of hydrogen-bond donors (Lipinski definition) is 3. The Hall–Kier alpha value is -3.33. The summed E-state index contributed by atoms with van der Waals surface area (Å²) in [5, 5.41) is 8.13. The van der Waals surface area contributed by atoms with Gasteiger partial charge < -0.3 is 20.7 Å². The van der Waals surface area contributed by atoms with Crippen molar-refractivity contribution in [3.8, 4) is 0 Å². The number of aromatic amines is 1. The summed E-state index contributed by atoms with van der Waals surface area (Å²) >= 11 is 0. The van der Waals surface area contributed by atoms with Crippen LogP contribution in [0.4, 0.5) is 13.2 Å². The molecule has 1 aliphatic rings. The van der Waals surface area contributed by atoms with Gasteiger partial charge in [0.05, 0.1) is 5.56 Å². The maximum Gasteiger partial charge on any atom is 0.490 e. The Morgan fingerprint density at radius 3 is 2.38 bits per heavy atom. The van der Waals surface area contributed by atoms with Crippen molar-refractivity contribution in [2.24, 2.45) is 5.73 Å². The second-order valence-corrected chi connectivity index (χ2v) is 7.57. The molecule has 2 heterocycles. The topological polar surface area (TPSA) is 99.4 Å². The molecule has 0 unspecified atom stereocenters. The minimum atomic E-state index is -5.08. The number of carboxylic acid groups (broad SMARTS) is 1. The van der Waals surface area contributed by atoms with Crippen molar-refractivity contribution in [1.82, 2.24) is 9.88 Å². The van der Waals surface area contributed by atoms with Crippen LogP contribution in [0.25, 0.3) is 10.9 Å². The zero-order valence-corrected chi connectivity index (χ0v) is 17.2. The third-order valence-corrected chi connectivity index (χ3v) is 5.50. The predicted octanol–water partition coefficient (Wildman–Crippen LogP) is 4.28. The SMILES string of the molecule is NCc1cccc(C2CCN(C(=O)c3c[nH]c4ccccc34)CC2)c1.O=C(O)C(F)(F)F.